The van der Waals surface area contributed by atoms with Crippen LogP contribution in [0.5, 0.6) is 0 Å². The lowest BCUT2D eigenvalue weighted by Gasteiger charge is -2.19. The molecule has 0 N–H and O–H groups in total. The molecule has 0 fully saturated rings. The molecule has 0 spiro atoms. The van der Waals surface area contributed by atoms with E-state index in [9.17, 15) is 0 Å². The number of fused-ring (bicyclic) bond motifs is 3. The number of aromatic nitrogens is 2. The van der Waals surface area contributed by atoms with E-state index in [4.69, 9.17) is 4.98 Å². The van der Waals surface area contributed by atoms with Gasteiger partial charge in [-0.25, -0.2) is 4.98 Å². The molecule has 41 heavy (non-hydrogen) atoms. The first kappa shape index (κ1) is 23.4. The van der Waals surface area contributed by atoms with E-state index in [1.54, 1.807) is 0 Å². The summed E-state index contributed by atoms with van der Waals surface area (Å²) in [5.74, 6) is 0.938. The molecule has 0 radical (unpaired) electrons. The van der Waals surface area contributed by atoms with E-state index in [1.165, 1.54) is 43.8 Å². The summed E-state index contributed by atoms with van der Waals surface area (Å²) in [5, 5.41) is 4.96. The van der Waals surface area contributed by atoms with Crippen molar-refractivity contribution in [1.82, 2.24) is 9.55 Å². The molecule has 1 heterocycles. The van der Waals surface area contributed by atoms with Gasteiger partial charge in [0, 0.05) is 11.3 Å². The van der Waals surface area contributed by atoms with Crippen molar-refractivity contribution < 1.29 is 0 Å². The van der Waals surface area contributed by atoms with Crippen molar-refractivity contribution >= 4 is 32.6 Å². The maximum Gasteiger partial charge on any atom is 0.145 e. The molecule has 0 aliphatic carbocycles. The van der Waals surface area contributed by atoms with Crippen LogP contribution in [0.4, 0.5) is 0 Å². The molecule has 8 aromatic rings. The fourth-order valence-corrected chi connectivity index (χ4v) is 6.21. The van der Waals surface area contributed by atoms with Gasteiger partial charge in [-0.3, -0.25) is 4.57 Å². The molecule has 0 aliphatic rings. The number of hydrogen-bond acceptors (Lipinski definition) is 1. The fraction of sp³-hybridized carbons (Fsp3) is 0. The summed E-state index contributed by atoms with van der Waals surface area (Å²) in [6.45, 7) is 0. The predicted molar refractivity (Wildman–Crippen MR) is 172 cm³/mol. The summed E-state index contributed by atoms with van der Waals surface area (Å²) in [4.78, 5) is 5.17. The van der Waals surface area contributed by atoms with E-state index >= 15 is 0 Å². The van der Waals surface area contributed by atoms with Crippen LogP contribution in [0.25, 0.3) is 71.9 Å². The Labute approximate surface area is 238 Å². The van der Waals surface area contributed by atoms with Gasteiger partial charge in [-0.05, 0) is 74.1 Å². The van der Waals surface area contributed by atoms with Crippen LogP contribution in [0.15, 0.2) is 158 Å². The van der Waals surface area contributed by atoms with Crippen LogP contribution in [-0.2, 0) is 0 Å². The molecule has 192 valence electrons. The fourth-order valence-electron chi connectivity index (χ4n) is 6.21. The molecule has 0 saturated carbocycles. The summed E-state index contributed by atoms with van der Waals surface area (Å²) in [6, 6.07) is 56.1. The second-order valence-electron chi connectivity index (χ2n) is 10.4. The molecule has 0 aliphatic heterocycles. The van der Waals surface area contributed by atoms with E-state index in [0.717, 1.165) is 28.1 Å². The van der Waals surface area contributed by atoms with Crippen molar-refractivity contribution in [3.63, 3.8) is 0 Å². The summed E-state index contributed by atoms with van der Waals surface area (Å²) < 4.78 is 2.28. The van der Waals surface area contributed by atoms with Gasteiger partial charge in [0.2, 0.25) is 0 Å². The molecule has 0 atom stereocenters. The van der Waals surface area contributed by atoms with Crippen molar-refractivity contribution in [2.45, 2.75) is 0 Å². The van der Waals surface area contributed by atoms with Gasteiger partial charge in [0.1, 0.15) is 5.82 Å². The number of imidazole rings is 1. The van der Waals surface area contributed by atoms with Crippen LogP contribution < -0.4 is 0 Å². The zero-order valence-electron chi connectivity index (χ0n) is 22.4. The third-order valence-electron chi connectivity index (χ3n) is 7.98. The Morgan fingerprint density at radius 3 is 1.56 bits per heavy atom. The predicted octanol–water partition coefficient (Wildman–Crippen LogP) is 10.3. The molecule has 0 bridgehead atoms. The Kier molecular flexibility index (Phi) is 5.49. The highest BCUT2D eigenvalue weighted by molar-refractivity contribution is 6.21. The second-order valence-corrected chi connectivity index (χ2v) is 10.4. The average molecular weight is 523 g/mol. The number of benzene rings is 7. The monoisotopic (exact) mass is 522 g/mol. The molecule has 0 amide bonds. The first-order valence-corrected chi connectivity index (χ1v) is 14.0. The third-order valence-corrected chi connectivity index (χ3v) is 7.98. The minimum absolute atomic E-state index is 0.938. The SMILES string of the molecule is c1ccc(-c2c3ccccc3c(-c3ccccc3)c3cc(-c4nc5ccccc5n4-c4ccccc4)ccc23)cc1. The van der Waals surface area contributed by atoms with E-state index < -0.39 is 0 Å². The van der Waals surface area contributed by atoms with Crippen LogP contribution in [-0.4, -0.2) is 9.55 Å². The average Bonchev–Trinajstić information content (AvgIpc) is 3.44. The van der Waals surface area contributed by atoms with Crippen LogP contribution in [0.3, 0.4) is 0 Å². The van der Waals surface area contributed by atoms with Crippen molar-refractivity contribution in [3.8, 4) is 39.3 Å². The summed E-state index contributed by atoms with van der Waals surface area (Å²) in [7, 11) is 0. The van der Waals surface area contributed by atoms with E-state index in [2.05, 4.69) is 162 Å². The van der Waals surface area contributed by atoms with E-state index in [-0.39, 0.29) is 0 Å². The first-order chi connectivity index (χ1) is 20.4. The normalized spacial score (nSPS) is 11.4. The quantitative estimate of drug-likeness (QED) is 0.210. The molecular weight excluding hydrogens is 496 g/mol. The summed E-state index contributed by atoms with van der Waals surface area (Å²) >= 11 is 0. The lowest BCUT2D eigenvalue weighted by Crippen LogP contribution is -1.98. The van der Waals surface area contributed by atoms with Gasteiger partial charge in [0.15, 0.2) is 0 Å². The lowest BCUT2D eigenvalue weighted by molar-refractivity contribution is 1.10. The van der Waals surface area contributed by atoms with Gasteiger partial charge in [-0.2, -0.15) is 0 Å². The number of para-hydroxylation sites is 3. The molecule has 7 aromatic carbocycles. The van der Waals surface area contributed by atoms with Crippen LogP contribution in [0.1, 0.15) is 0 Å². The molecule has 8 rings (SSSR count). The minimum atomic E-state index is 0.938. The van der Waals surface area contributed by atoms with Crippen molar-refractivity contribution in [2.75, 3.05) is 0 Å². The molecule has 0 unspecified atom stereocenters. The Balaban J connectivity index is 1.51. The number of nitrogens with zero attached hydrogens (tertiary/aromatic N) is 2. The molecular formula is C39H26N2. The highest BCUT2D eigenvalue weighted by Crippen LogP contribution is 2.45. The van der Waals surface area contributed by atoms with Crippen LogP contribution >= 0.6 is 0 Å². The van der Waals surface area contributed by atoms with Gasteiger partial charge in [-0.15, -0.1) is 0 Å². The first-order valence-electron chi connectivity index (χ1n) is 14.0. The number of rotatable bonds is 4. The lowest BCUT2D eigenvalue weighted by atomic mass is 9.85. The number of hydrogen-bond donors (Lipinski definition) is 0. The molecule has 2 nitrogen and oxygen atoms in total. The Morgan fingerprint density at radius 2 is 0.902 bits per heavy atom. The standard InChI is InChI=1S/C39H26N2/c1-4-14-27(15-5-1)37-31-20-10-11-21-32(31)38(28-16-6-2-7-17-28)34-26-29(24-25-33(34)37)39-40-35-22-12-13-23-36(35)41(39)30-18-8-3-9-19-30/h1-26H. The van der Waals surface area contributed by atoms with Crippen molar-refractivity contribution in [1.29, 1.82) is 0 Å². The largest absolute Gasteiger partial charge is 0.292 e. The Bertz CT molecular complexity index is 2180. The smallest absolute Gasteiger partial charge is 0.145 e. The maximum atomic E-state index is 5.17. The molecule has 1 aromatic heterocycles. The van der Waals surface area contributed by atoms with Crippen molar-refractivity contribution in [2.24, 2.45) is 0 Å². The minimum Gasteiger partial charge on any atom is -0.292 e. The topological polar surface area (TPSA) is 17.8 Å². The van der Waals surface area contributed by atoms with Gasteiger partial charge < -0.3 is 0 Å². The van der Waals surface area contributed by atoms with Crippen molar-refractivity contribution in [3.05, 3.63) is 158 Å². The molecule has 2 heteroatoms. The summed E-state index contributed by atoms with van der Waals surface area (Å²) in [5.41, 5.74) is 9.21. The zero-order chi connectivity index (χ0) is 27.2. The summed E-state index contributed by atoms with van der Waals surface area (Å²) in [6.07, 6.45) is 0. The van der Waals surface area contributed by atoms with Gasteiger partial charge in [0.25, 0.3) is 0 Å². The van der Waals surface area contributed by atoms with Crippen LogP contribution in [0.2, 0.25) is 0 Å². The van der Waals surface area contributed by atoms with Gasteiger partial charge >= 0.3 is 0 Å². The van der Waals surface area contributed by atoms with E-state index in [0.29, 0.717) is 0 Å². The Hall–Kier alpha value is -5.47. The van der Waals surface area contributed by atoms with Crippen LogP contribution in [0, 0.1) is 0 Å². The van der Waals surface area contributed by atoms with Gasteiger partial charge in [0.05, 0.1) is 11.0 Å². The molecule has 0 saturated heterocycles. The van der Waals surface area contributed by atoms with Gasteiger partial charge in [-0.1, -0.05) is 127 Å². The third kappa shape index (κ3) is 3.84. The zero-order valence-corrected chi connectivity index (χ0v) is 22.4. The van der Waals surface area contributed by atoms with E-state index in [1.807, 2.05) is 0 Å². The Morgan fingerprint density at radius 1 is 0.390 bits per heavy atom. The highest BCUT2D eigenvalue weighted by Gasteiger charge is 2.19. The second kappa shape index (κ2) is 9.62. The maximum absolute atomic E-state index is 5.17. The highest BCUT2D eigenvalue weighted by atomic mass is 15.1.